The topological polar surface area (TPSA) is 72.6 Å². The van der Waals surface area contributed by atoms with Crippen molar-refractivity contribution in [3.8, 4) is 0 Å². The summed E-state index contributed by atoms with van der Waals surface area (Å²) in [6.07, 6.45) is 3.19. The second-order valence-electron chi connectivity index (χ2n) is 5.87. The average molecular weight is 336 g/mol. The van der Waals surface area contributed by atoms with E-state index in [4.69, 9.17) is 9.15 Å². The molecular formula is C19H16N2O4. The molecule has 4 rings (SSSR count). The normalized spacial score (nSPS) is 17.6. The smallest absolute Gasteiger partial charge is 0.289 e. The van der Waals surface area contributed by atoms with Crippen molar-refractivity contribution in [1.29, 1.82) is 0 Å². The Morgan fingerprint density at radius 3 is 2.92 bits per heavy atom. The Bertz CT molecular complexity index is 968. The Morgan fingerprint density at radius 2 is 2.08 bits per heavy atom. The number of aromatic nitrogens is 1. The number of morpholine rings is 1. The van der Waals surface area contributed by atoms with Crippen molar-refractivity contribution in [3.05, 3.63) is 76.4 Å². The number of benzene rings is 1. The van der Waals surface area contributed by atoms with Gasteiger partial charge in [-0.05, 0) is 18.2 Å². The predicted octanol–water partition coefficient (Wildman–Crippen LogP) is 2.40. The summed E-state index contributed by atoms with van der Waals surface area (Å²) in [4.78, 5) is 30.7. The van der Waals surface area contributed by atoms with E-state index in [1.807, 2.05) is 12.1 Å². The molecule has 1 aliphatic heterocycles. The van der Waals surface area contributed by atoms with Gasteiger partial charge in [-0.25, -0.2) is 0 Å². The third kappa shape index (κ3) is 3.04. The van der Waals surface area contributed by atoms with E-state index in [1.165, 1.54) is 6.07 Å². The van der Waals surface area contributed by atoms with Gasteiger partial charge < -0.3 is 14.1 Å². The lowest BCUT2D eigenvalue weighted by atomic mass is 10.1. The molecule has 6 nitrogen and oxygen atoms in total. The fraction of sp³-hybridized carbons (Fsp3) is 0.211. The van der Waals surface area contributed by atoms with Crippen LogP contribution in [0.3, 0.4) is 0 Å². The zero-order valence-corrected chi connectivity index (χ0v) is 13.4. The van der Waals surface area contributed by atoms with Gasteiger partial charge in [-0.1, -0.05) is 18.2 Å². The van der Waals surface area contributed by atoms with Crippen molar-refractivity contribution in [3.63, 3.8) is 0 Å². The Morgan fingerprint density at radius 1 is 1.20 bits per heavy atom. The molecule has 1 aromatic carbocycles. The third-order valence-corrected chi connectivity index (χ3v) is 4.26. The fourth-order valence-corrected chi connectivity index (χ4v) is 2.97. The number of fused-ring (bicyclic) bond motifs is 1. The van der Waals surface area contributed by atoms with E-state index in [2.05, 4.69) is 4.98 Å². The maximum Gasteiger partial charge on any atom is 0.289 e. The Labute approximate surface area is 143 Å². The van der Waals surface area contributed by atoms with Crippen LogP contribution in [0.15, 0.2) is 64.1 Å². The number of nitrogens with zero attached hydrogens (tertiary/aromatic N) is 2. The van der Waals surface area contributed by atoms with Gasteiger partial charge in [0.2, 0.25) is 0 Å². The molecule has 0 saturated carbocycles. The minimum absolute atomic E-state index is 0.0514. The molecule has 1 fully saturated rings. The second-order valence-corrected chi connectivity index (χ2v) is 5.87. The molecular weight excluding hydrogens is 320 g/mol. The summed E-state index contributed by atoms with van der Waals surface area (Å²) >= 11 is 0. The number of ether oxygens (including phenoxy) is 1. The molecule has 0 spiro atoms. The lowest BCUT2D eigenvalue weighted by Gasteiger charge is -2.32. The minimum Gasteiger partial charge on any atom is -0.451 e. The van der Waals surface area contributed by atoms with Crippen LogP contribution in [0.2, 0.25) is 0 Å². The largest absolute Gasteiger partial charge is 0.451 e. The average Bonchev–Trinajstić information content (AvgIpc) is 2.68. The van der Waals surface area contributed by atoms with Crippen LogP contribution in [-0.2, 0) is 4.74 Å². The van der Waals surface area contributed by atoms with Crippen molar-refractivity contribution in [2.24, 2.45) is 0 Å². The van der Waals surface area contributed by atoms with Gasteiger partial charge in [0.15, 0.2) is 11.2 Å². The van der Waals surface area contributed by atoms with E-state index < -0.39 is 0 Å². The first kappa shape index (κ1) is 15.5. The molecule has 1 amide bonds. The molecule has 3 heterocycles. The molecule has 0 bridgehead atoms. The molecule has 126 valence electrons. The standard InChI is InChI=1S/C19H16N2O4/c22-15-10-17(25-16-6-2-1-5-14(15)16)19(23)21-8-9-24-18(12-21)13-4-3-7-20-11-13/h1-7,10-11,18H,8-9,12H2/t18-/m0/s1. The molecule has 1 aliphatic rings. The Hall–Kier alpha value is -2.99. The fourth-order valence-electron chi connectivity index (χ4n) is 2.97. The number of hydrogen-bond donors (Lipinski definition) is 0. The maximum absolute atomic E-state index is 12.8. The monoisotopic (exact) mass is 336 g/mol. The second kappa shape index (κ2) is 6.49. The van der Waals surface area contributed by atoms with E-state index in [1.54, 1.807) is 41.6 Å². The van der Waals surface area contributed by atoms with E-state index in [-0.39, 0.29) is 23.2 Å². The highest BCUT2D eigenvalue weighted by Crippen LogP contribution is 2.23. The van der Waals surface area contributed by atoms with Gasteiger partial charge in [-0.15, -0.1) is 0 Å². The van der Waals surface area contributed by atoms with Crippen LogP contribution in [0.4, 0.5) is 0 Å². The van der Waals surface area contributed by atoms with Crippen molar-refractivity contribution in [1.82, 2.24) is 9.88 Å². The quantitative estimate of drug-likeness (QED) is 0.718. The highest BCUT2D eigenvalue weighted by atomic mass is 16.5. The van der Waals surface area contributed by atoms with Gasteiger partial charge >= 0.3 is 0 Å². The van der Waals surface area contributed by atoms with Gasteiger partial charge in [-0.3, -0.25) is 14.6 Å². The van der Waals surface area contributed by atoms with E-state index in [0.717, 1.165) is 5.56 Å². The number of carbonyl (C=O) groups excluding carboxylic acids is 1. The molecule has 0 N–H and O–H groups in total. The predicted molar refractivity (Wildman–Crippen MR) is 91.3 cm³/mol. The molecule has 25 heavy (non-hydrogen) atoms. The number of para-hydroxylation sites is 1. The molecule has 1 atom stereocenters. The van der Waals surface area contributed by atoms with E-state index >= 15 is 0 Å². The third-order valence-electron chi connectivity index (χ3n) is 4.26. The first-order valence-corrected chi connectivity index (χ1v) is 8.06. The summed E-state index contributed by atoms with van der Waals surface area (Å²) in [5, 5.41) is 0.467. The lowest BCUT2D eigenvalue weighted by molar-refractivity contribution is -0.0239. The van der Waals surface area contributed by atoms with E-state index in [0.29, 0.717) is 30.7 Å². The molecule has 1 saturated heterocycles. The summed E-state index contributed by atoms with van der Waals surface area (Å²) in [6, 6.07) is 11.9. The first-order valence-electron chi connectivity index (χ1n) is 8.06. The molecule has 0 radical (unpaired) electrons. The summed E-state index contributed by atoms with van der Waals surface area (Å²) in [7, 11) is 0. The summed E-state index contributed by atoms with van der Waals surface area (Å²) in [5.74, 6) is -0.254. The minimum atomic E-state index is -0.306. The summed E-state index contributed by atoms with van der Waals surface area (Å²) in [6.45, 7) is 1.26. The molecule has 0 unspecified atom stereocenters. The molecule has 6 heteroatoms. The van der Waals surface area contributed by atoms with Crippen LogP contribution >= 0.6 is 0 Å². The molecule has 3 aromatic rings. The highest BCUT2D eigenvalue weighted by molar-refractivity contribution is 5.93. The van der Waals surface area contributed by atoms with Crippen LogP contribution in [0.25, 0.3) is 11.0 Å². The number of pyridine rings is 1. The zero-order valence-electron chi connectivity index (χ0n) is 13.4. The highest BCUT2D eigenvalue weighted by Gasteiger charge is 2.28. The maximum atomic E-state index is 12.8. The number of amides is 1. The van der Waals surface area contributed by atoms with Crippen LogP contribution < -0.4 is 5.43 Å². The van der Waals surface area contributed by atoms with Gasteiger partial charge in [0.05, 0.1) is 18.5 Å². The molecule has 2 aromatic heterocycles. The van der Waals surface area contributed by atoms with Crippen molar-refractivity contribution >= 4 is 16.9 Å². The van der Waals surface area contributed by atoms with E-state index in [9.17, 15) is 9.59 Å². The van der Waals surface area contributed by atoms with Crippen LogP contribution in [0, 0.1) is 0 Å². The van der Waals surface area contributed by atoms with Gasteiger partial charge in [0.1, 0.15) is 11.7 Å². The molecule has 0 aliphatic carbocycles. The Balaban J connectivity index is 1.61. The van der Waals surface area contributed by atoms with Gasteiger partial charge in [0, 0.05) is 30.6 Å². The van der Waals surface area contributed by atoms with Crippen molar-refractivity contribution in [2.75, 3.05) is 19.7 Å². The van der Waals surface area contributed by atoms with Crippen molar-refractivity contribution in [2.45, 2.75) is 6.10 Å². The van der Waals surface area contributed by atoms with Crippen molar-refractivity contribution < 1.29 is 13.9 Å². The van der Waals surface area contributed by atoms with Gasteiger partial charge in [-0.2, -0.15) is 0 Å². The van der Waals surface area contributed by atoms with Crippen LogP contribution in [-0.4, -0.2) is 35.5 Å². The number of carbonyl (C=O) groups is 1. The summed E-state index contributed by atoms with van der Waals surface area (Å²) < 4.78 is 11.4. The lowest BCUT2D eigenvalue weighted by Crippen LogP contribution is -2.42. The van der Waals surface area contributed by atoms with Crippen LogP contribution in [0.1, 0.15) is 22.2 Å². The Kier molecular flexibility index (Phi) is 4.03. The first-order chi connectivity index (χ1) is 12.2. The summed E-state index contributed by atoms with van der Waals surface area (Å²) in [5.41, 5.74) is 1.11. The SMILES string of the molecule is O=C(c1cc(=O)c2ccccc2o1)N1CCO[C@H](c2cccnc2)C1. The van der Waals surface area contributed by atoms with Gasteiger partial charge in [0.25, 0.3) is 5.91 Å². The number of rotatable bonds is 2. The number of hydrogen-bond acceptors (Lipinski definition) is 5. The van der Waals surface area contributed by atoms with Crippen LogP contribution in [0.5, 0.6) is 0 Å². The zero-order chi connectivity index (χ0) is 17.2.